The minimum Gasteiger partial charge on any atom is -0.465 e. The molecule has 1 atom stereocenters. The molecule has 1 aromatic rings. The van der Waals surface area contributed by atoms with Crippen LogP contribution in [0.1, 0.15) is 25.5 Å². The second-order valence-electron chi connectivity index (χ2n) is 4.42. The molecule has 0 aliphatic rings. The largest absolute Gasteiger partial charge is 0.465 e. The van der Waals surface area contributed by atoms with Gasteiger partial charge in [-0.3, -0.25) is 4.79 Å². The predicted octanol–water partition coefficient (Wildman–Crippen LogP) is 1.15. The Balaban J connectivity index is 2.87. The molecule has 0 aliphatic heterocycles. The maximum absolute atomic E-state index is 12.1. The van der Waals surface area contributed by atoms with Crippen molar-refractivity contribution < 1.29 is 17.9 Å². The zero-order chi connectivity index (χ0) is 15.3. The van der Waals surface area contributed by atoms with Crippen LogP contribution in [0.15, 0.2) is 24.3 Å². The Morgan fingerprint density at radius 3 is 2.65 bits per heavy atom. The molecule has 0 fully saturated rings. The second-order valence-corrected chi connectivity index (χ2v) is 6.45. The third kappa shape index (κ3) is 4.21. The van der Waals surface area contributed by atoms with Crippen molar-refractivity contribution in [1.29, 1.82) is 0 Å². The molecule has 0 saturated carbocycles. The SMILES string of the molecule is CCOC(=O)CS(=O)(=O)N(C)C(C)c1cccc(N)c1. The molecule has 0 spiro atoms. The van der Waals surface area contributed by atoms with Gasteiger partial charge >= 0.3 is 5.97 Å². The van der Waals surface area contributed by atoms with E-state index in [-0.39, 0.29) is 6.61 Å². The second kappa shape index (κ2) is 6.71. The van der Waals surface area contributed by atoms with E-state index in [1.165, 1.54) is 7.05 Å². The Labute approximate surface area is 119 Å². The number of hydrogen-bond acceptors (Lipinski definition) is 5. The fourth-order valence-electron chi connectivity index (χ4n) is 1.72. The number of nitrogens with two attached hydrogens (primary N) is 1. The van der Waals surface area contributed by atoms with Crippen molar-refractivity contribution in [3.63, 3.8) is 0 Å². The summed E-state index contributed by atoms with van der Waals surface area (Å²) in [5.74, 6) is -1.41. The molecule has 2 N–H and O–H groups in total. The number of carbonyl (C=O) groups excluding carboxylic acids is 1. The summed E-state index contributed by atoms with van der Waals surface area (Å²) >= 11 is 0. The van der Waals surface area contributed by atoms with E-state index in [2.05, 4.69) is 4.74 Å². The smallest absolute Gasteiger partial charge is 0.322 e. The maximum atomic E-state index is 12.1. The van der Waals surface area contributed by atoms with Crippen molar-refractivity contribution in [3.05, 3.63) is 29.8 Å². The number of nitrogens with zero attached hydrogens (tertiary/aromatic N) is 1. The van der Waals surface area contributed by atoms with E-state index in [0.717, 1.165) is 9.87 Å². The fraction of sp³-hybridized carbons (Fsp3) is 0.462. The molecule has 0 radical (unpaired) electrons. The molecule has 1 aromatic carbocycles. The van der Waals surface area contributed by atoms with Crippen LogP contribution in [0.2, 0.25) is 0 Å². The number of anilines is 1. The first-order valence-corrected chi connectivity index (χ1v) is 7.85. The molecule has 6 nitrogen and oxygen atoms in total. The number of nitrogen functional groups attached to an aromatic ring is 1. The zero-order valence-corrected chi connectivity index (χ0v) is 12.7. The lowest BCUT2D eigenvalue weighted by Gasteiger charge is -2.24. The Hall–Kier alpha value is -1.60. The average Bonchev–Trinajstić information content (AvgIpc) is 2.36. The Bertz CT molecular complexity index is 571. The number of ether oxygens (including phenoxy) is 1. The highest BCUT2D eigenvalue weighted by Crippen LogP contribution is 2.23. The van der Waals surface area contributed by atoms with Crippen molar-refractivity contribution in [3.8, 4) is 0 Å². The Morgan fingerprint density at radius 2 is 2.10 bits per heavy atom. The number of carbonyl (C=O) groups is 1. The normalized spacial score (nSPS) is 13.2. The molecule has 0 bridgehead atoms. The number of sulfonamides is 1. The molecular weight excluding hydrogens is 280 g/mol. The van der Waals surface area contributed by atoms with Crippen LogP contribution >= 0.6 is 0 Å². The lowest BCUT2D eigenvalue weighted by molar-refractivity contribution is -0.140. The molecule has 7 heteroatoms. The van der Waals surface area contributed by atoms with Gasteiger partial charge in [-0.1, -0.05) is 12.1 Å². The highest BCUT2D eigenvalue weighted by atomic mass is 32.2. The van der Waals surface area contributed by atoms with Crippen LogP contribution in [-0.4, -0.2) is 38.1 Å². The van der Waals surface area contributed by atoms with Gasteiger partial charge in [0.15, 0.2) is 5.75 Å². The van der Waals surface area contributed by atoms with Crippen LogP contribution in [0, 0.1) is 0 Å². The first-order valence-electron chi connectivity index (χ1n) is 6.24. The summed E-state index contributed by atoms with van der Waals surface area (Å²) in [7, 11) is -2.29. The quantitative estimate of drug-likeness (QED) is 0.629. The van der Waals surface area contributed by atoms with Gasteiger partial charge in [0.1, 0.15) is 0 Å². The lowest BCUT2D eigenvalue weighted by Crippen LogP contribution is -2.35. The summed E-state index contributed by atoms with van der Waals surface area (Å²) in [6.45, 7) is 3.52. The van der Waals surface area contributed by atoms with Gasteiger partial charge in [0.25, 0.3) is 0 Å². The molecule has 20 heavy (non-hydrogen) atoms. The van der Waals surface area contributed by atoms with Crippen molar-refractivity contribution in [2.24, 2.45) is 0 Å². The summed E-state index contributed by atoms with van der Waals surface area (Å²) in [4.78, 5) is 11.3. The van der Waals surface area contributed by atoms with Gasteiger partial charge < -0.3 is 10.5 Å². The Kier molecular flexibility index (Phi) is 5.52. The molecule has 0 amide bonds. The molecule has 1 rings (SSSR count). The van der Waals surface area contributed by atoms with Gasteiger partial charge in [0.05, 0.1) is 6.61 Å². The van der Waals surface area contributed by atoms with Gasteiger partial charge in [-0.05, 0) is 31.5 Å². The van der Waals surface area contributed by atoms with Crippen LogP contribution in [-0.2, 0) is 19.6 Å². The van der Waals surface area contributed by atoms with E-state index in [1.54, 1.807) is 38.1 Å². The van der Waals surface area contributed by atoms with Crippen LogP contribution in [0.3, 0.4) is 0 Å². The van der Waals surface area contributed by atoms with Crippen molar-refractivity contribution in [1.82, 2.24) is 4.31 Å². The molecule has 112 valence electrons. The topological polar surface area (TPSA) is 89.7 Å². The van der Waals surface area contributed by atoms with Crippen molar-refractivity contribution >= 4 is 21.7 Å². The third-order valence-electron chi connectivity index (χ3n) is 2.98. The molecule has 0 aromatic heterocycles. The minimum absolute atomic E-state index is 0.156. The summed E-state index contributed by atoms with van der Waals surface area (Å²) in [5, 5.41) is 0. The predicted molar refractivity (Wildman–Crippen MR) is 77.5 cm³/mol. The number of benzene rings is 1. The average molecular weight is 300 g/mol. The number of esters is 1. The highest BCUT2D eigenvalue weighted by Gasteiger charge is 2.27. The molecular formula is C13H20N2O4S. The molecule has 0 heterocycles. The monoisotopic (exact) mass is 300 g/mol. The van der Waals surface area contributed by atoms with E-state index in [4.69, 9.17) is 5.73 Å². The van der Waals surface area contributed by atoms with Crippen LogP contribution in [0.5, 0.6) is 0 Å². The standard InChI is InChI=1S/C13H20N2O4S/c1-4-19-13(16)9-20(17,18)15(3)10(2)11-6-5-7-12(14)8-11/h5-8,10H,4,9,14H2,1-3H3. The van der Waals surface area contributed by atoms with Crippen LogP contribution < -0.4 is 5.73 Å². The van der Waals surface area contributed by atoms with Gasteiger partial charge in [-0.2, -0.15) is 4.31 Å². The van der Waals surface area contributed by atoms with Gasteiger partial charge in [0.2, 0.25) is 10.0 Å². The zero-order valence-electron chi connectivity index (χ0n) is 11.9. The third-order valence-corrected chi connectivity index (χ3v) is 4.78. The summed E-state index contributed by atoms with van der Waals surface area (Å²) in [5.41, 5.74) is 7.01. The van der Waals surface area contributed by atoms with E-state index in [9.17, 15) is 13.2 Å². The number of hydrogen-bond donors (Lipinski definition) is 1. The maximum Gasteiger partial charge on any atom is 0.322 e. The van der Waals surface area contributed by atoms with Gasteiger partial charge in [-0.25, -0.2) is 8.42 Å². The van der Waals surface area contributed by atoms with Crippen molar-refractivity contribution in [2.75, 3.05) is 25.1 Å². The van der Waals surface area contributed by atoms with Gasteiger partial charge in [-0.15, -0.1) is 0 Å². The molecule has 0 saturated heterocycles. The van der Waals surface area contributed by atoms with Crippen molar-refractivity contribution in [2.45, 2.75) is 19.9 Å². The first-order chi connectivity index (χ1) is 9.27. The summed E-state index contributed by atoms with van der Waals surface area (Å²) in [6.07, 6.45) is 0. The summed E-state index contributed by atoms with van der Waals surface area (Å²) < 4.78 is 30.0. The fourth-order valence-corrected chi connectivity index (χ4v) is 2.91. The minimum atomic E-state index is -3.72. The molecule has 1 unspecified atom stereocenters. The number of rotatable bonds is 6. The lowest BCUT2D eigenvalue weighted by atomic mass is 10.1. The van der Waals surface area contributed by atoms with E-state index in [1.807, 2.05) is 0 Å². The van der Waals surface area contributed by atoms with E-state index in [0.29, 0.717) is 5.69 Å². The van der Waals surface area contributed by atoms with Crippen LogP contribution in [0.4, 0.5) is 5.69 Å². The van der Waals surface area contributed by atoms with E-state index >= 15 is 0 Å². The molecule has 0 aliphatic carbocycles. The summed E-state index contributed by atoms with van der Waals surface area (Å²) in [6, 6.07) is 6.56. The van der Waals surface area contributed by atoms with E-state index < -0.39 is 27.8 Å². The highest BCUT2D eigenvalue weighted by molar-refractivity contribution is 7.89. The Morgan fingerprint density at radius 1 is 1.45 bits per heavy atom. The van der Waals surface area contributed by atoms with Gasteiger partial charge in [0, 0.05) is 18.8 Å². The van der Waals surface area contributed by atoms with Crippen LogP contribution in [0.25, 0.3) is 0 Å². The first kappa shape index (κ1) is 16.5.